The van der Waals surface area contributed by atoms with Crippen LogP contribution in [0.4, 0.5) is 0 Å². The van der Waals surface area contributed by atoms with Gasteiger partial charge in [0.1, 0.15) is 0 Å². The summed E-state index contributed by atoms with van der Waals surface area (Å²) in [6.07, 6.45) is 1.93. The topological polar surface area (TPSA) is 32.3 Å². The van der Waals surface area contributed by atoms with Crippen LogP contribution in [0.15, 0.2) is 24.3 Å². The second kappa shape index (κ2) is 6.61. The molecule has 21 heavy (non-hydrogen) atoms. The highest BCUT2D eigenvalue weighted by Crippen LogP contribution is 2.23. The summed E-state index contributed by atoms with van der Waals surface area (Å²) in [7, 11) is 1.92. The molecule has 0 aliphatic carbocycles. The maximum Gasteiger partial charge on any atom is 0.225 e. The molecule has 0 bridgehead atoms. The fourth-order valence-electron chi connectivity index (χ4n) is 2.84. The van der Waals surface area contributed by atoms with Gasteiger partial charge in [-0.25, -0.2) is 0 Å². The van der Waals surface area contributed by atoms with Gasteiger partial charge in [-0.05, 0) is 42.5 Å². The molecule has 1 fully saturated rings. The molecule has 1 heterocycles. The first-order chi connectivity index (χ1) is 9.88. The summed E-state index contributed by atoms with van der Waals surface area (Å²) in [6, 6.07) is 8.65. The molecule has 1 aliphatic rings. The van der Waals surface area contributed by atoms with Crippen molar-refractivity contribution in [3.63, 3.8) is 0 Å². The summed E-state index contributed by atoms with van der Waals surface area (Å²) in [4.78, 5) is 14.3. The van der Waals surface area contributed by atoms with Crippen LogP contribution < -0.4 is 5.32 Å². The molecule has 3 heteroatoms. The standard InChI is InChI=1S/C18H28N2O/c1-18(2,3)16-7-5-14(6-8-16)13-20(4)17(21)15-9-11-19-12-10-15/h5-8,15,19H,9-13H2,1-4H3. The molecule has 1 aliphatic heterocycles. The Labute approximate surface area is 128 Å². The van der Waals surface area contributed by atoms with Gasteiger partial charge in [0.05, 0.1) is 0 Å². The third kappa shape index (κ3) is 4.31. The number of piperidine rings is 1. The second-order valence-electron chi connectivity index (χ2n) is 7.17. The number of benzene rings is 1. The molecule has 0 radical (unpaired) electrons. The summed E-state index contributed by atoms with van der Waals surface area (Å²) < 4.78 is 0. The maximum absolute atomic E-state index is 12.4. The molecule has 116 valence electrons. The van der Waals surface area contributed by atoms with E-state index >= 15 is 0 Å². The first kappa shape index (κ1) is 16.0. The van der Waals surface area contributed by atoms with Crippen molar-refractivity contribution in [1.29, 1.82) is 0 Å². The van der Waals surface area contributed by atoms with Crippen LogP contribution in [0.5, 0.6) is 0 Å². The molecule has 0 aromatic heterocycles. The lowest BCUT2D eigenvalue weighted by Gasteiger charge is -2.27. The van der Waals surface area contributed by atoms with E-state index in [2.05, 4.69) is 50.4 Å². The zero-order valence-corrected chi connectivity index (χ0v) is 13.8. The van der Waals surface area contributed by atoms with Crippen molar-refractivity contribution in [3.8, 4) is 0 Å². The summed E-state index contributed by atoms with van der Waals surface area (Å²) >= 11 is 0. The minimum Gasteiger partial charge on any atom is -0.341 e. The average molecular weight is 288 g/mol. The van der Waals surface area contributed by atoms with E-state index in [0.717, 1.165) is 25.9 Å². The van der Waals surface area contributed by atoms with Gasteiger partial charge in [0, 0.05) is 19.5 Å². The van der Waals surface area contributed by atoms with Crippen LogP contribution in [-0.2, 0) is 16.8 Å². The lowest BCUT2D eigenvalue weighted by atomic mass is 9.86. The first-order valence-electron chi connectivity index (χ1n) is 7.93. The smallest absolute Gasteiger partial charge is 0.225 e. The number of amides is 1. The minimum atomic E-state index is 0.176. The van der Waals surface area contributed by atoms with Crippen molar-refractivity contribution >= 4 is 5.91 Å². The highest BCUT2D eigenvalue weighted by atomic mass is 16.2. The first-order valence-corrected chi connectivity index (χ1v) is 7.93. The summed E-state index contributed by atoms with van der Waals surface area (Å²) in [5.74, 6) is 0.487. The van der Waals surface area contributed by atoms with E-state index in [0.29, 0.717) is 6.54 Å². The van der Waals surface area contributed by atoms with E-state index in [-0.39, 0.29) is 17.2 Å². The van der Waals surface area contributed by atoms with E-state index in [4.69, 9.17) is 0 Å². The second-order valence-corrected chi connectivity index (χ2v) is 7.17. The molecule has 1 aromatic rings. The molecule has 1 amide bonds. The van der Waals surface area contributed by atoms with Gasteiger partial charge in [-0.15, -0.1) is 0 Å². The lowest BCUT2D eigenvalue weighted by Crippen LogP contribution is -2.38. The number of carbonyl (C=O) groups is 1. The zero-order chi connectivity index (χ0) is 15.5. The van der Waals surface area contributed by atoms with Crippen LogP contribution in [0, 0.1) is 5.92 Å². The monoisotopic (exact) mass is 288 g/mol. The fraction of sp³-hybridized carbons (Fsp3) is 0.611. The Balaban J connectivity index is 1.95. The van der Waals surface area contributed by atoms with E-state index < -0.39 is 0 Å². The fourth-order valence-corrected chi connectivity index (χ4v) is 2.84. The molecule has 3 nitrogen and oxygen atoms in total. The van der Waals surface area contributed by atoms with Crippen molar-refractivity contribution < 1.29 is 4.79 Å². The molecule has 1 saturated heterocycles. The summed E-state index contributed by atoms with van der Waals surface area (Å²) in [6.45, 7) is 9.28. The van der Waals surface area contributed by atoms with E-state index in [1.807, 2.05) is 11.9 Å². The largest absolute Gasteiger partial charge is 0.341 e. The average Bonchev–Trinajstić information content (AvgIpc) is 2.47. The van der Waals surface area contributed by atoms with Gasteiger partial charge in [0.25, 0.3) is 0 Å². The van der Waals surface area contributed by atoms with Crippen molar-refractivity contribution in [2.45, 2.75) is 45.6 Å². The van der Waals surface area contributed by atoms with E-state index in [1.165, 1.54) is 11.1 Å². The third-order valence-corrected chi connectivity index (χ3v) is 4.30. The molecule has 1 aromatic carbocycles. The van der Waals surface area contributed by atoms with Crippen molar-refractivity contribution in [1.82, 2.24) is 10.2 Å². The van der Waals surface area contributed by atoms with Crippen LogP contribution in [0.25, 0.3) is 0 Å². The number of carbonyl (C=O) groups excluding carboxylic acids is 1. The predicted molar refractivity (Wildman–Crippen MR) is 87.2 cm³/mol. The molecular weight excluding hydrogens is 260 g/mol. The normalized spacial score (nSPS) is 16.8. The number of nitrogens with one attached hydrogen (secondary N) is 1. The maximum atomic E-state index is 12.4. The number of hydrogen-bond acceptors (Lipinski definition) is 2. The Bertz CT molecular complexity index is 467. The zero-order valence-electron chi connectivity index (χ0n) is 13.8. The molecular formula is C18H28N2O. The Kier molecular flexibility index (Phi) is 5.04. The van der Waals surface area contributed by atoms with Gasteiger partial charge < -0.3 is 10.2 Å². The summed E-state index contributed by atoms with van der Waals surface area (Å²) in [5, 5.41) is 3.31. The Morgan fingerprint density at radius 1 is 1.19 bits per heavy atom. The Hall–Kier alpha value is -1.35. The molecule has 0 unspecified atom stereocenters. The quantitative estimate of drug-likeness (QED) is 0.927. The van der Waals surface area contributed by atoms with Gasteiger partial charge >= 0.3 is 0 Å². The number of hydrogen-bond donors (Lipinski definition) is 1. The highest BCUT2D eigenvalue weighted by Gasteiger charge is 2.23. The van der Waals surface area contributed by atoms with Gasteiger partial charge in [-0.2, -0.15) is 0 Å². The lowest BCUT2D eigenvalue weighted by molar-refractivity contribution is -0.135. The number of rotatable bonds is 3. The molecule has 2 rings (SSSR count). The molecule has 1 N–H and O–H groups in total. The van der Waals surface area contributed by atoms with Crippen LogP contribution >= 0.6 is 0 Å². The van der Waals surface area contributed by atoms with E-state index in [9.17, 15) is 4.79 Å². The highest BCUT2D eigenvalue weighted by molar-refractivity contribution is 5.78. The van der Waals surface area contributed by atoms with Crippen LogP contribution in [-0.4, -0.2) is 30.9 Å². The molecule has 0 spiro atoms. The number of nitrogens with zero attached hydrogens (tertiary/aromatic N) is 1. The van der Waals surface area contributed by atoms with E-state index in [1.54, 1.807) is 0 Å². The third-order valence-electron chi connectivity index (χ3n) is 4.30. The van der Waals surface area contributed by atoms with Crippen molar-refractivity contribution in [3.05, 3.63) is 35.4 Å². The SMILES string of the molecule is CN(Cc1ccc(C(C)(C)C)cc1)C(=O)C1CCNCC1. The Morgan fingerprint density at radius 2 is 1.76 bits per heavy atom. The summed E-state index contributed by atoms with van der Waals surface area (Å²) in [5.41, 5.74) is 2.71. The van der Waals surface area contributed by atoms with Crippen LogP contribution in [0.3, 0.4) is 0 Å². The van der Waals surface area contributed by atoms with Crippen LogP contribution in [0.2, 0.25) is 0 Å². The Morgan fingerprint density at radius 3 is 2.29 bits per heavy atom. The van der Waals surface area contributed by atoms with Gasteiger partial charge in [-0.1, -0.05) is 45.0 Å². The van der Waals surface area contributed by atoms with Gasteiger partial charge in [-0.3, -0.25) is 4.79 Å². The molecule has 0 saturated carbocycles. The predicted octanol–water partition coefficient (Wildman–Crippen LogP) is 2.94. The minimum absolute atomic E-state index is 0.176. The van der Waals surface area contributed by atoms with Crippen molar-refractivity contribution in [2.75, 3.05) is 20.1 Å². The van der Waals surface area contributed by atoms with Crippen LogP contribution in [0.1, 0.15) is 44.7 Å². The van der Waals surface area contributed by atoms with Crippen molar-refractivity contribution in [2.24, 2.45) is 5.92 Å². The van der Waals surface area contributed by atoms with Gasteiger partial charge in [0.2, 0.25) is 5.91 Å². The van der Waals surface area contributed by atoms with Gasteiger partial charge in [0.15, 0.2) is 0 Å². The molecule has 0 atom stereocenters.